The predicted octanol–water partition coefficient (Wildman–Crippen LogP) is -0.535. The van der Waals surface area contributed by atoms with Gasteiger partial charge in [0.25, 0.3) is 0 Å². The Hall–Kier alpha value is -0.420. The lowest BCUT2D eigenvalue weighted by atomic mass is 10.7. The highest BCUT2D eigenvalue weighted by molar-refractivity contribution is 7.78. The van der Waals surface area contributed by atoms with E-state index in [2.05, 4.69) is 18.1 Å². The molecule has 0 bridgehead atoms. The van der Waals surface area contributed by atoms with Crippen LogP contribution in [0.1, 0.15) is 0 Å². The first kappa shape index (κ1) is 8.58. The van der Waals surface area contributed by atoms with Gasteiger partial charge in [0, 0.05) is 7.05 Å². The van der Waals surface area contributed by atoms with Gasteiger partial charge in [-0.25, -0.2) is 4.79 Å². The molecule has 0 saturated heterocycles. The average Bonchev–Trinajstić information content (AvgIpc) is 1.87. The summed E-state index contributed by atoms with van der Waals surface area (Å²) in [6.07, 6.45) is 0. The van der Waals surface area contributed by atoms with E-state index in [-0.39, 0.29) is 19.2 Å². The van der Waals surface area contributed by atoms with Crippen LogP contribution in [-0.2, 0) is 0 Å². The van der Waals surface area contributed by atoms with E-state index in [9.17, 15) is 4.79 Å². The first-order valence-electron chi connectivity index (χ1n) is 2.51. The molecule has 0 heterocycles. The van der Waals surface area contributed by atoms with E-state index in [1.807, 2.05) is 0 Å². The van der Waals surface area contributed by atoms with Crippen LogP contribution in [0.25, 0.3) is 0 Å². The molecule has 0 aliphatic rings. The third-order valence-corrected chi connectivity index (χ3v) is 1.14. The third-order valence-electron chi connectivity index (χ3n) is 0.760. The Kier molecular flexibility index (Phi) is 4.25. The van der Waals surface area contributed by atoms with Gasteiger partial charge in [0.2, 0.25) is 0 Å². The lowest BCUT2D eigenvalue weighted by Gasteiger charge is -2.11. The van der Waals surface area contributed by atoms with Gasteiger partial charge in [-0.05, 0) is 0 Å². The Balaban J connectivity index is 3.45. The van der Waals surface area contributed by atoms with Crippen LogP contribution in [0.2, 0.25) is 0 Å². The number of nitrogens with one attached hydrogen (secondary N) is 1. The lowest BCUT2D eigenvalue weighted by Crippen LogP contribution is -2.32. The van der Waals surface area contributed by atoms with Crippen LogP contribution in [0.4, 0.5) is 4.79 Å². The minimum Gasteiger partial charge on any atom is -0.394 e. The molecule has 0 aliphatic heterocycles. The van der Waals surface area contributed by atoms with E-state index >= 15 is 0 Å². The minimum absolute atomic E-state index is 0.0725. The zero-order chi connectivity index (χ0) is 7.28. The van der Waals surface area contributed by atoms with Gasteiger partial charge in [0.1, 0.15) is 0 Å². The Bertz CT molecular complexity index is 98.6. The molecular formula is C4H10N2O2S. The van der Waals surface area contributed by atoms with E-state index in [4.69, 9.17) is 5.11 Å². The fraction of sp³-hybridized carbons (Fsp3) is 0.750. The highest BCUT2D eigenvalue weighted by atomic mass is 32.1. The molecule has 9 heavy (non-hydrogen) atoms. The molecule has 0 aromatic carbocycles. The fourth-order valence-electron chi connectivity index (χ4n) is 0.325. The van der Waals surface area contributed by atoms with Crippen LogP contribution >= 0.6 is 12.8 Å². The van der Waals surface area contributed by atoms with E-state index in [1.54, 1.807) is 0 Å². The number of aliphatic hydroxyl groups is 1. The Morgan fingerprint density at radius 3 is 2.78 bits per heavy atom. The zero-order valence-electron chi connectivity index (χ0n) is 5.16. The average molecular weight is 150 g/mol. The molecule has 0 unspecified atom stereocenters. The van der Waals surface area contributed by atoms with Crippen LogP contribution in [-0.4, -0.2) is 35.6 Å². The standard InChI is InChI=1S/C4H10N2O2S/c1-5-4(8)6(9)2-3-7/h7,9H,2-3H2,1H3,(H,5,8). The summed E-state index contributed by atoms with van der Waals surface area (Å²) in [5.41, 5.74) is 0. The Morgan fingerprint density at radius 2 is 2.44 bits per heavy atom. The summed E-state index contributed by atoms with van der Waals surface area (Å²) < 4.78 is 1.10. The van der Waals surface area contributed by atoms with Crippen molar-refractivity contribution in [1.29, 1.82) is 0 Å². The molecule has 0 rings (SSSR count). The van der Waals surface area contributed by atoms with Gasteiger partial charge >= 0.3 is 6.03 Å². The highest BCUT2D eigenvalue weighted by Crippen LogP contribution is 1.90. The predicted molar refractivity (Wildman–Crippen MR) is 37.2 cm³/mol. The molecule has 0 saturated carbocycles. The molecule has 0 aromatic heterocycles. The topological polar surface area (TPSA) is 52.6 Å². The van der Waals surface area contributed by atoms with Crippen LogP contribution in [0.5, 0.6) is 0 Å². The van der Waals surface area contributed by atoms with Crippen LogP contribution in [0.15, 0.2) is 0 Å². The number of carbonyl (C=O) groups excluding carboxylic acids is 1. The first-order valence-corrected chi connectivity index (χ1v) is 2.91. The van der Waals surface area contributed by atoms with Gasteiger partial charge in [0.05, 0.1) is 13.2 Å². The van der Waals surface area contributed by atoms with Crippen LogP contribution in [0, 0.1) is 0 Å². The minimum atomic E-state index is -0.313. The van der Waals surface area contributed by atoms with Crippen molar-refractivity contribution in [2.75, 3.05) is 20.2 Å². The van der Waals surface area contributed by atoms with E-state index < -0.39 is 0 Å². The van der Waals surface area contributed by atoms with Crippen LogP contribution in [0.3, 0.4) is 0 Å². The number of hydrogen-bond acceptors (Lipinski definition) is 3. The molecule has 0 aromatic rings. The van der Waals surface area contributed by atoms with E-state index in [0.717, 1.165) is 4.31 Å². The number of rotatable bonds is 2. The van der Waals surface area contributed by atoms with E-state index in [0.29, 0.717) is 0 Å². The second-order valence-electron chi connectivity index (χ2n) is 1.40. The molecule has 54 valence electrons. The van der Waals surface area contributed by atoms with Crippen LogP contribution < -0.4 is 5.32 Å². The molecule has 0 spiro atoms. The smallest absolute Gasteiger partial charge is 0.327 e. The summed E-state index contributed by atoms with van der Waals surface area (Å²) in [5, 5.41) is 10.7. The van der Waals surface area contributed by atoms with Crippen molar-refractivity contribution in [2.45, 2.75) is 0 Å². The Morgan fingerprint density at radius 1 is 1.89 bits per heavy atom. The molecule has 4 nitrogen and oxygen atoms in total. The summed E-state index contributed by atoms with van der Waals surface area (Å²) >= 11 is 3.75. The van der Waals surface area contributed by atoms with Crippen molar-refractivity contribution < 1.29 is 9.90 Å². The van der Waals surface area contributed by atoms with Gasteiger partial charge in [-0.3, -0.25) is 4.31 Å². The number of thiol groups is 1. The van der Waals surface area contributed by atoms with Crippen molar-refractivity contribution >= 4 is 18.8 Å². The second kappa shape index (κ2) is 4.46. The molecular weight excluding hydrogens is 140 g/mol. The number of carbonyl (C=O) groups is 1. The summed E-state index contributed by atoms with van der Waals surface area (Å²) in [5.74, 6) is 0. The second-order valence-corrected chi connectivity index (χ2v) is 1.88. The van der Waals surface area contributed by atoms with Gasteiger partial charge in [-0.15, -0.1) is 0 Å². The summed E-state index contributed by atoms with van der Waals surface area (Å²) in [4.78, 5) is 10.5. The monoisotopic (exact) mass is 150 g/mol. The maximum absolute atomic E-state index is 10.5. The highest BCUT2D eigenvalue weighted by Gasteiger charge is 2.03. The molecule has 2 amide bonds. The molecule has 0 aliphatic carbocycles. The first-order chi connectivity index (χ1) is 4.22. The summed E-state index contributed by atoms with van der Waals surface area (Å²) in [6, 6.07) is -0.313. The lowest BCUT2D eigenvalue weighted by molar-refractivity contribution is 0.215. The third kappa shape index (κ3) is 3.21. The quantitative estimate of drug-likeness (QED) is 0.463. The fourth-order valence-corrected chi connectivity index (χ4v) is 0.515. The van der Waals surface area contributed by atoms with Gasteiger partial charge in [0.15, 0.2) is 0 Å². The zero-order valence-corrected chi connectivity index (χ0v) is 6.06. The molecule has 5 heteroatoms. The van der Waals surface area contributed by atoms with Gasteiger partial charge in [-0.2, -0.15) is 0 Å². The van der Waals surface area contributed by atoms with E-state index in [1.165, 1.54) is 7.05 Å². The normalized spacial score (nSPS) is 8.78. The number of amides is 2. The van der Waals surface area contributed by atoms with Crippen molar-refractivity contribution in [3.05, 3.63) is 0 Å². The van der Waals surface area contributed by atoms with Gasteiger partial charge < -0.3 is 10.4 Å². The number of urea groups is 1. The maximum atomic E-state index is 10.5. The molecule has 0 radical (unpaired) electrons. The Labute approximate surface area is 59.4 Å². The maximum Gasteiger partial charge on any atom is 0.327 e. The molecule has 0 atom stereocenters. The van der Waals surface area contributed by atoms with Crippen molar-refractivity contribution in [1.82, 2.24) is 9.62 Å². The van der Waals surface area contributed by atoms with Gasteiger partial charge in [-0.1, -0.05) is 12.8 Å². The van der Waals surface area contributed by atoms with Crippen molar-refractivity contribution in [3.63, 3.8) is 0 Å². The SMILES string of the molecule is CNC(=O)N(S)CCO. The summed E-state index contributed by atoms with van der Waals surface area (Å²) in [7, 11) is 1.50. The number of aliphatic hydroxyl groups excluding tert-OH is 1. The van der Waals surface area contributed by atoms with Crippen molar-refractivity contribution in [3.8, 4) is 0 Å². The number of nitrogens with zero attached hydrogens (tertiary/aromatic N) is 1. The van der Waals surface area contributed by atoms with Crippen molar-refractivity contribution in [2.24, 2.45) is 0 Å². The summed E-state index contributed by atoms with van der Waals surface area (Å²) in [6.45, 7) is 0.166. The number of hydrogen-bond donors (Lipinski definition) is 3. The largest absolute Gasteiger partial charge is 0.394 e. The molecule has 0 fully saturated rings. The molecule has 2 N–H and O–H groups in total.